The van der Waals surface area contributed by atoms with E-state index in [4.69, 9.17) is 5.02 Å². The van der Waals surface area contributed by atoms with Crippen LogP contribution in [0.1, 0.15) is 0 Å². The molecule has 0 aromatic rings. The summed E-state index contributed by atoms with van der Waals surface area (Å²) >= 11 is 0. The molecular formula is C6H9BNO4. The van der Waals surface area contributed by atoms with Gasteiger partial charge in [0, 0.05) is 6.54 Å². The third-order valence-corrected chi connectivity index (χ3v) is 1.76. The molecule has 1 saturated heterocycles. The second-order valence-corrected chi connectivity index (χ2v) is 2.76. The molecule has 0 saturated carbocycles. The summed E-state index contributed by atoms with van der Waals surface area (Å²) in [6, 6.07) is 0. The number of hydrogen-bond acceptors (Lipinski definition) is 5. The van der Waals surface area contributed by atoms with Crippen molar-refractivity contribution in [3.63, 3.8) is 0 Å². The Labute approximate surface area is 70.6 Å². The number of Topliss-reactive ketones (excluding diaryl/α,β-unsaturated/α-hetero) is 1. The van der Waals surface area contributed by atoms with Gasteiger partial charge in [-0.25, -0.2) is 0 Å². The zero-order valence-corrected chi connectivity index (χ0v) is 6.69. The van der Waals surface area contributed by atoms with Gasteiger partial charge in [0.25, 0.3) is 0 Å². The minimum atomic E-state index is -0.738. The molecule has 1 radical (unpaired) electrons. The van der Waals surface area contributed by atoms with Crippen molar-refractivity contribution in [3.8, 4) is 0 Å². The number of carbonyl (C=O) groups excluding carboxylic acids is 2. The Balaban J connectivity index is 2.52. The van der Waals surface area contributed by atoms with Crippen LogP contribution in [0.2, 0.25) is 0 Å². The summed E-state index contributed by atoms with van der Waals surface area (Å²) < 4.78 is 4.19. The lowest BCUT2D eigenvalue weighted by Crippen LogP contribution is -2.26. The molecule has 1 N–H and O–H groups in total. The molecule has 5 nitrogen and oxygen atoms in total. The fourth-order valence-corrected chi connectivity index (χ4v) is 1.19. The van der Waals surface area contributed by atoms with Gasteiger partial charge in [-0.1, -0.05) is 0 Å². The second kappa shape index (κ2) is 3.69. The molecule has 0 aliphatic carbocycles. The minimum absolute atomic E-state index is 0.163. The van der Waals surface area contributed by atoms with Crippen molar-refractivity contribution in [3.05, 3.63) is 0 Å². The van der Waals surface area contributed by atoms with E-state index in [0.29, 0.717) is 14.2 Å². The van der Waals surface area contributed by atoms with Crippen LogP contribution in [0, 0.1) is 5.92 Å². The standard InChI is InChI=1S/C6H9BNO4/c1-8-2-4(5(9)3-8)6(10)12-7-11/h4,11H,2-3H2,1H3. The van der Waals surface area contributed by atoms with E-state index in [0.717, 1.165) is 0 Å². The summed E-state index contributed by atoms with van der Waals surface area (Å²) in [5, 5.41) is 8.16. The Bertz CT molecular complexity index is 208. The highest BCUT2D eigenvalue weighted by Gasteiger charge is 2.35. The molecule has 1 heterocycles. The van der Waals surface area contributed by atoms with E-state index >= 15 is 0 Å². The summed E-state index contributed by atoms with van der Waals surface area (Å²) in [4.78, 5) is 23.7. The van der Waals surface area contributed by atoms with Crippen molar-refractivity contribution in [2.75, 3.05) is 20.1 Å². The molecule has 0 amide bonds. The van der Waals surface area contributed by atoms with Crippen LogP contribution >= 0.6 is 0 Å². The van der Waals surface area contributed by atoms with E-state index in [1.54, 1.807) is 11.9 Å². The molecule has 1 fully saturated rings. The Kier molecular flexibility index (Phi) is 2.83. The number of rotatable bonds is 2. The first-order valence-corrected chi connectivity index (χ1v) is 3.53. The highest BCUT2D eigenvalue weighted by molar-refractivity contribution is 6.22. The molecule has 1 aliphatic rings. The van der Waals surface area contributed by atoms with Gasteiger partial charge in [0.2, 0.25) is 0 Å². The number of ketones is 1. The van der Waals surface area contributed by atoms with Crippen LogP contribution in [-0.2, 0) is 14.2 Å². The molecule has 1 atom stereocenters. The van der Waals surface area contributed by atoms with Gasteiger partial charge in [-0.15, -0.1) is 0 Å². The van der Waals surface area contributed by atoms with E-state index < -0.39 is 11.9 Å². The Morgan fingerprint density at radius 1 is 1.83 bits per heavy atom. The quantitative estimate of drug-likeness (QED) is 0.390. The minimum Gasteiger partial charge on any atom is -0.510 e. The maximum absolute atomic E-state index is 11.1. The predicted octanol–water partition coefficient (Wildman–Crippen LogP) is -1.81. The van der Waals surface area contributed by atoms with Crippen molar-refractivity contribution < 1.29 is 19.3 Å². The Morgan fingerprint density at radius 3 is 2.92 bits per heavy atom. The lowest BCUT2D eigenvalue weighted by atomic mass is 10.1. The van der Waals surface area contributed by atoms with Crippen LogP contribution < -0.4 is 0 Å². The number of hydrogen-bond donors (Lipinski definition) is 1. The summed E-state index contributed by atoms with van der Waals surface area (Å²) in [5.41, 5.74) is 0. The normalized spacial score (nSPS) is 24.2. The second-order valence-electron chi connectivity index (χ2n) is 2.76. The first kappa shape index (κ1) is 9.21. The number of likely N-dealkylation sites (tertiary alicyclic amines) is 1. The van der Waals surface area contributed by atoms with Gasteiger partial charge in [-0.05, 0) is 7.05 Å². The molecule has 12 heavy (non-hydrogen) atoms. The predicted molar refractivity (Wildman–Crippen MR) is 40.1 cm³/mol. The Hall–Kier alpha value is -0.875. The number of nitrogens with zero attached hydrogens (tertiary/aromatic N) is 1. The fourth-order valence-electron chi connectivity index (χ4n) is 1.19. The number of likely N-dealkylation sites (N-methyl/N-ethyl adjacent to an activating group) is 1. The van der Waals surface area contributed by atoms with Gasteiger partial charge in [0.15, 0.2) is 5.78 Å². The summed E-state index contributed by atoms with van der Waals surface area (Å²) in [7, 11) is 2.04. The monoisotopic (exact) mass is 170 g/mol. The van der Waals surface area contributed by atoms with E-state index in [9.17, 15) is 9.59 Å². The largest absolute Gasteiger partial charge is 0.571 e. The molecule has 0 spiro atoms. The molecule has 0 aromatic carbocycles. The third kappa shape index (κ3) is 1.83. The summed E-state index contributed by atoms with van der Waals surface area (Å²) in [6.07, 6.45) is 0. The zero-order chi connectivity index (χ0) is 9.14. The van der Waals surface area contributed by atoms with E-state index in [1.807, 2.05) is 0 Å². The van der Waals surface area contributed by atoms with Crippen LogP contribution in [0.15, 0.2) is 0 Å². The van der Waals surface area contributed by atoms with Crippen molar-refractivity contribution in [2.24, 2.45) is 5.92 Å². The highest BCUT2D eigenvalue weighted by atomic mass is 16.6. The average Bonchev–Trinajstić information content (AvgIpc) is 2.30. The van der Waals surface area contributed by atoms with Crippen molar-refractivity contribution in [2.45, 2.75) is 0 Å². The third-order valence-electron chi connectivity index (χ3n) is 1.76. The van der Waals surface area contributed by atoms with Gasteiger partial charge >= 0.3 is 13.7 Å². The van der Waals surface area contributed by atoms with Gasteiger partial charge < -0.3 is 9.68 Å². The molecule has 1 aliphatic heterocycles. The van der Waals surface area contributed by atoms with Crippen molar-refractivity contribution in [1.29, 1.82) is 0 Å². The SMILES string of the molecule is CN1CC(=O)C(C(=O)O[B]O)C1. The van der Waals surface area contributed by atoms with Crippen LogP contribution in [0.3, 0.4) is 0 Å². The lowest BCUT2D eigenvalue weighted by molar-refractivity contribution is -0.142. The molecule has 0 bridgehead atoms. The summed E-state index contributed by atoms with van der Waals surface area (Å²) in [6.45, 7) is 0.636. The van der Waals surface area contributed by atoms with Crippen LogP contribution in [0.25, 0.3) is 0 Å². The maximum Gasteiger partial charge on any atom is 0.571 e. The first-order valence-electron chi connectivity index (χ1n) is 3.53. The lowest BCUT2D eigenvalue weighted by Gasteiger charge is -2.06. The Morgan fingerprint density at radius 2 is 2.50 bits per heavy atom. The van der Waals surface area contributed by atoms with E-state index in [2.05, 4.69) is 4.65 Å². The van der Waals surface area contributed by atoms with Crippen LogP contribution in [0.5, 0.6) is 0 Å². The van der Waals surface area contributed by atoms with E-state index in [-0.39, 0.29) is 12.3 Å². The zero-order valence-electron chi connectivity index (χ0n) is 6.69. The molecule has 1 unspecified atom stereocenters. The van der Waals surface area contributed by atoms with Crippen molar-refractivity contribution in [1.82, 2.24) is 4.90 Å². The molecule has 0 aromatic heterocycles. The fraction of sp³-hybridized carbons (Fsp3) is 0.667. The van der Waals surface area contributed by atoms with Gasteiger partial charge in [0.1, 0.15) is 5.92 Å². The highest BCUT2D eigenvalue weighted by Crippen LogP contribution is 2.11. The smallest absolute Gasteiger partial charge is 0.510 e. The summed E-state index contributed by atoms with van der Waals surface area (Å²) in [5.74, 6) is -1.59. The van der Waals surface area contributed by atoms with Gasteiger partial charge in [0.05, 0.1) is 6.54 Å². The van der Waals surface area contributed by atoms with Gasteiger partial charge in [-0.2, -0.15) is 0 Å². The van der Waals surface area contributed by atoms with Crippen molar-refractivity contribution >= 4 is 19.4 Å². The molecule has 65 valence electrons. The molecule has 1 rings (SSSR count). The van der Waals surface area contributed by atoms with Crippen LogP contribution in [-0.4, -0.2) is 49.5 Å². The molecular weight excluding hydrogens is 161 g/mol. The topological polar surface area (TPSA) is 66.8 Å². The molecule has 6 heteroatoms. The number of carbonyl (C=O) groups is 2. The van der Waals surface area contributed by atoms with Crippen LogP contribution in [0.4, 0.5) is 0 Å². The van der Waals surface area contributed by atoms with E-state index in [1.165, 1.54) is 0 Å². The average molecular weight is 170 g/mol. The maximum atomic E-state index is 11.1. The van der Waals surface area contributed by atoms with Gasteiger partial charge in [-0.3, -0.25) is 14.5 Å². The first-order chi connectivity index (χ1) is 5.65.